The van der Waals surface area contributed by atoms with Crippen LogP contribution in [-0.4, -0.2) is 25.2 Å². The van der Waals surface area contributed by atoms with Gasteiger partial charge in [0.2, 0.25) is 0 Å². The Morgan fingerprint density at radius 1 is 1.27 bits per heavy atom. The molecule has 2 saturated heterocycles. The molecular formula is C11H18ClNO2. The predicted octanol–water partition coefficient (Wildman–Crippen LogP) is 1.50. The predicted molar refractivity (Wildman–Crippen MR) is 59.0 cm³/mol. The number of esters is 1. The van der Waals surface area contributed by atoms with Crippen molar-refractivity contribution in [3.63, 3.8) is 0 Å². The van der Waals surface area contributed by atoms with E-state index in [1.54, 1.807) is 0 Å². The summed E-state index contributed by atoms with van der Waals surface area (Å²) in [6.07, 6.45) is 5.64. The molecule has 4 heteroatoms. The highest BCUT2D eigenvalue weighted by molar-refractivity contribution is 5.85. The van der Waals surface area contributed by atoms with Crippen LogP contribution in [0.2, 0.25) is 0 Å². The molecule has 0 aromatic heterocycles. The molecule has 0 aromatic carbocycles. The number of methoxy groups -OCH3 is 1. The number of halogens is 1. The molecule has 0 unspecified atom stereocenters. The lowest BCUT2D eigenvalue weighted by Crippen LogP contribution is -2.62. The van der Waals surface area contributed by atoms with Crippen LogP contribution in [0.5, 0.6) is 0 Å². The second-order valence-corrected chi connectivity index (χ2v) is 5.28. The number of ether oxygens (including phenoxy) is 1. The van der Waals surface area contributed by atoms with Crippen molar-refractivity contribution in [3.05, 3.63) is 0 Å². The minimum Gasteiger partial charge on any atom is -0.469 e. The second-order valence-electron chi connectivity index (χ2n) is 5.28. The van der Waals surface area contributed by atoms with Crippen molar-refractivity contribution in [2.45, 2.75) is 44.2 Å². The summed E-state index contributed by atoms with van der Waals surface area (Å²) in [5.41, 5.74) is -0.115. The van der Waals surface area contributed by atoms with Gasteiger partial charge in [-0.3, -0.25) is 4.79 Å². The summed E-state index contributed by atoms with van der Waals surface area (Å²) in [5, 5.41) is 3.61. The highest BCUT2D eigenvalue weighted by atomic mass is 35.5. The van der Waals surface area contributed by atoms with Crippen molar-refractivity contribution in [1.82, 2.24) is 5.32 Å². The van der Waals surface area contributed by atoms with E-state index in [4.69, 9.17) is 4.74 Å². The largest absolute Gasteiger partial charge is 0.469 e. The number of rotatable bonds is 1. The van der Waals surface area contributed by atoms with Gasteiger partial charge in [-0.25, -0.2) is 0 Å². The maximum absolute atomic E-state index is 11.8. The molecule has 3 nitrogen and oxygen atoms in total. The Balaban J connectivity index is 0.000000853. The van der Waals surface area contributed by atoms with E-state index >= 15 is 0 Å². The molecule has 2 atom stereocenters. The molecule has 4 fully saturated rings. The van der Waals surface area contributed by atoms with Gasteiger partial charge in [-0.1, -0.05) is 0 Å². The van der Waals surface area contributed by atoms with Crippen molar-refractivity contribution in [3.8, 4) is 0 Å². The molecule has 2 aliphatic carbocycles. The van der Waals surface area contributed by atoms with Crippen LogP contribution in [0.1, 0.15) is 32.1 Å². The molecule has 0 amide bonds. The topological polar surface area (TPSA) is 38.3 Å². The third-order valence-corrected chi connectivity index (χ3v) is 4.28. The molecule has 4 bridgehead atoms. The Morgan fingerprint density at radius 2 is 1.87 bits per heavy atom. The first-order valence-corrected chi connectivity index (χ1v) is 5.56. The highest BCUT2D eigenvalue weighted by Crippen LogP contribution is 2.53. The van der Waals surface area contributed by atoms with Crippen molar-refractivity contribution < 1.29 is 9.53 Å². The van der Waals surface area contributed by atoms with E-state index in [2.05, 4.69) is 5.32 Å². The first-order chi connectivity index (χ1) is 6.72. The molecule has 2 heterocycles. The maximum Gasteiger partial charge on any atom is 0.311 e. The lowest BCUT2D eigenvalue weighted by atomic mass is 9.56. The van der Waals surface area contributed by atoms with Crippen molar-refractivity contribution >= 4 is 18.4 Å². The summed E-state index contributed by atoms with van der Waals surface area (Å²) in [4.78, 5) is 11.8. The fourth-order valence-corrected chi connectivity index (χ4v) is 4.03. The highest BCUT2D eigenvalue weighted by Gasteiger charge is 2.55. The summed E-state index contributed by atoms with van der Waals surface area (Å²) in [6.45, 7) is 0. The van der Waals surface area contributed by atoms with Crippen LogP contribution in [0, 0.1) is 11.3 Å². The molecular weight excluding hydrogens is 214 g/mol. The summed E-state index contributed by atoms with van der Waals surface area (Å²) in [5.74, 6) is 0.811. The Bertz CT molecular complexity index is 244. The summed E-state index contributed by atoms with van der Waals surface area (Å²) < 4.78 is 4.97. The fourth-order valence-electron chi connectivity index (χ4n) is 4.03. The Morgan fingerprint density at radius 3 is 2.33 bits per heavy atom. The zero-order chi connectivity index (χ0) is 9.76. The summed E-state index contributed by atoms with van der Waals surface area (Å²) in [6, 6.07) is 1.17. The molecule has 0 radical (unpaired) electrons. The first kappa shape index (κ1) is 11.2. The van der Waals surface area contributed by atoms with Crippen molar-refractivity contribution in [2.24, 2.45) is 11.3 Å². The fraction of sp³-hybridized carbons (Fsp3) is 0.909. The average molecular weight is 232 g/mol. The lowest BCUT2D eigenvalue weighted by Gasteiger charge is -2.55. The van der Waals surface area contributed by atoms with E-state index in [9.17, 15) is 4.79 Å². The number of piperidine rings is 2. The smallest absolute Gasteiger partial charge is 0.311 e. The van der Waals surface area contributed by atoms with Gasteiger partial charge >= 0.3 is 5.97 Å². The zero-order valence-electron chi connectivity index (χ0n) is 8.99. The normalized spacial score (nSPS) is 46.1. The zero-order valence-corrected chi connectivity index (χ0v) is 9.81. The minimum absolute atomic E-state index is 0. The molecule has 86 valence electrons. The molecule has 15 heavy (non-hydrogen) atoms. The van der Waals surface area contributed by atoms with Crippen LogP contribution in [0.4, 0.5) is 0 Å². The standard InChI is InChI=1S/C11H17NO2.ClH/c1-14-10(13)11-4-7-2-8(5-11)12-9(3-7)6-11;/h7-9,12H,2-6H2,1H3;1H/t7?,8-,9-,11?;/m0./s1. The Kier molecular flexibility index (Phi) is 2.72. The van der Waals surface area contributed by atoms with Crippen LogP contribution in [0.15, 0.2) is 0 Å². The van der Waals surface area contributed by atoms with E-state index in [1.165, 1.54) is 20.0 Å². The van der Waals surface area contributed by atoms with Gasteiger partial charge in [-0.15, -0.1) is 12.4 Å². The first-order valence-electron chi connectivity index (χ1n) is 5.56. The number of hydrogen-bond acceptors (Lipinski definition) is 3. The molecule has 4 aliphatic rings. The van der Waals surface area contributed by atoms with Crippen LogP contribution in [-0.2, 0) is 9.53 Å². The minimum atomic E-state index is -0.115. The van der Waals surface area contributed by atoms with E-state index in [0.29, 0.717) is 12.1 Å². The van der Waals surface area contributed by atoms with Gasteiger partial charge in [0.1, 0.15) is 0 Å². The number of nitrogens with one attached hydrogen (secondary N) is 1. The van der Waals surface area contributed by atoms with Crippen molar-refractivity contribution in [1.29, 1.82) is 0 Å². The number of carbonyl (C=O) groups is 1. The SMILES string of the molecule is COC(=O)C12CC3C[C@@H](C1)N[C@@H](C3)C2.Cl. The van der Waals surface area contributed by atoms with Gasteiger partial charge in [0.25, 0.3) is 0 Å². The number of carbonyl (C=O) groups excluding carboxylic acids is 1. The van der Waals surface area contributed by atoms with Gasteiger partial charge < -0.3 is 10.1 Å². The molecule has 0 aromatic rings. The van der Waals surface area contributed by atoms with Crippen LogP contribution in [0.3, 0.4) is 0 Å². The number of hydrogen-bond donors (Lipinski definition) is 1. The van der Waals surface area contributed by atoms with Crippen molar-refractivity contribution in [2.75, 3.05) is 7.11 Å². The molecule has 1 N–H and O–H groups in total. The van der Waals surface area contributed by atoms with E-state index in [-0.39, 0.29) is 23.8 Å². The quantitative estimate of drug-likeness (QED) is 0.696. The molecule has 2 aliphatic heterocycles. The maximum atomic E-state index is 11.8. The van der Waals surface area contributed by atoms with Crippen LogP contribution < -0.4 is 5.32 Å². The van der Waals surface area contributed by atoms with E-state index in [0.717, 1.165) is 25.2 Å². The van der Waals surface area contributed by atoms with Crippen LogP contribution in [0.25, 0.3) is 0 Å². The van der Waals surface area contributed by atoms with Gasteiger partial charge in [0.05, 0.1) is 12.5 Å². The Labute approximate surface area is 96.3 Å². The summed E-state index contributed by atoms with van der Waals surface area (Å²) >= 11 is 0. The Hall–Kier alpha value is -0.280. The van der Waals surface area contributed by atoms with E-state index < -0.39 is 0 Å². The van der Waals surface area contributed by atoms with E-state index in [1.807, 2.05) is 0 Å². The molecule has 4 rings (SSSR count). The average Bonchev–Trinajstić information content (AvgIpc) is 2.14. The lowest BCUT2D eigenvalue weighted by molar-refractivity contribution is -0.164. The third kappa shape index (κ3) is 1.56. The second kappa shape index (κ2) is 3.63. The van der Waals surface area contributed by atoms with Gasteiger partial charge in [-0.05, 0) is 38.0 Å². The van der Waals surface area contributed by atoms with Gasteiger partial charge in [0.15, 0.2) is 0 Å². The van der Waals surface area contributed by atoms with Gasteiger partial charge in [0, 0.05) is 12.1 Å². The molecule has 0 spiro atoms. The third-order valence-electron chi connectivity index (χ3n) is 4.28. The monoisotopic (exact) mass is 231 g/mol. The summed E-state index contributed by atoms with van der Waals surface area (Å²) in [7, 11) is 1.52. The van der Waals surface area contributed by atoms with Crippen LogP contribution >= 0.6 is 12.4 Å². The molecule has 2 saturated carbocycles. The van der Waals surface area contributed by atoms with Gasteiger partial charge in [-0.2, -0.15) is 0 Å².